The van der Waals surface area contributed by atoms with Crippen LogP contribution >= 0.6 is 7.26 Å². The second-order valence-electron chi connectivity index (χ2n) is 14.8. The lowest BCUT2D eigenvalue weighted by atomic mass is 10.1. The lowest BCUT2D eigenvalue weighted by Crippen LogP contribution is -3.00. The van der Waals surface area contributed by atoms with Crippen LogP contribution in [0.3, 0.4) is 0 Å². The van der Waals surface area contributed by atoms with Crippen LogP contribution < -0.4 is 17.0 Å². The van der Waals surface area contributed by atoms with E-state index in [0.29, 0.717) is 0 Å². The van der Waals surface area contributed by atoms with Crippen LogP contribution in [0.5, 0.6) is 0 Å². The van der Waals surface area contributed by atoms with Crippen molar-refractivity contribution in [2.24, 2.45) is 0 Å². The van der Waals surface area contributed by atoms with Crippen molar-refractivity contribution in [1.82, 2.24) is 0 Å². The van der Waals surface area contributed by atoms with Crippen LogP contribution in [0.2, 0.25) is 0 Å². The van der Waals surface area contributed by atoms with Gasteiger partial charge in [0.05, 0.1) is 24.6 Å². The summed E-state index contributed by atoms with van der Waals surface area (Å²) in [6.45, 7) is 9.39. The quantitative estimate of drug-likeness (QED) is 0.0444. The Morgan fingerprint density at radius 2 is 0.341 bits per heavy atom. The molecule has 0 N–H and O–H groups in total. The van der Waals surface area contributed by atoms with Gasteiger partial charge in [-0.2, -0.15) is 0 Å². The van der Waals surface area contributed by atoms with Crippen molar-refractivity contribution in [2.75, 3.05) is 24.6 Å². The van der Waals surface area contributed by atoms with E-state index in [1.165, 1.54) is 193 Å². The SMILES string of the molecule is CCCCCCCCCCCCCC[P+](CCCCCCC)(CCCCCCC)CCCCCCCCCCCCCC.[Br-]. The summed E-state index contributed by atoms with van der Waals surface area (Å²) < 4.78 is 0. The number of hydrogen-bond donors (Lipinski definition) is 0. The molecule has 0 saturated heterocycles. The van der Waals surface area contributed by atoms with Crippen LogP contribution in [-0.2, 0) is 0 Å². The minimum absolute atomic E-state index is 0. The Morgan fingerprint density at radius 1 is 0.205 bits per heavy atom. The maximum absolute atomic E-state index is 2.37. The van der Waals surface area contributed by atoms with Crippen LogP contribution in [0.4, 0.5) is 0 Å². The van der Waals surface area contributed by atoms with Gasteiger partial charge in [-0.05, 0) is 51.4 Å². The molecular formula is C42H88BrP. The molecule has 0 rings (SSSR count). The van der Waals surface area contributed by atoms with Gasteiger partial charge in [0.1, 0.15) is 0 Å². The monoisotopic (exact) mass is 703 g/mol. The van der Waals surface area contributed by atoms with Crippen LogP contribution in [0.15, 0.2) is 0 Å². The summed E-state index contributed by atoms with van der Waals surface area (Å²) in [5.74, 6) is 0. The predicted molar refractivity (Wildman–Crippen MR) is 206 cm³/mol. The molecule has 0 aromatic heterocycles. The van der Waals surface area contributed by atoms with Crippen LogP contribution in [0.1, 0.15) is 246 Å². The average molecular weight is 704 g/mol. The Balaban J connectivity index is 0. The molecule has 0 unspecified atom stereocenters. The van der Waals surface area contributed by atoms with Crippen molar-refractivity contribution in [3.05, 3.63) is 0 Å². The third kappa shape index (κ3) is 34.3. The zero-order valence-electron chi connectivity index (χ0n) is 31.7. The molecule has 0 bridgehead atoms. The van der Waals surface area contributed by atoms with Gasteiger partial charge < -0.3 is 17.0 Å². The third-order valence-corrected chi connectivity index (χ3v) is 15.5. The summed E-state index contributed by atoms with van der Waals surface area (Å²) in [5.41, 5.74) is 0. The molecule has 0 saturated carbocycles. The standard InChI is InChI=1S/C42H88P.BrH/c1-5-9-13-17-19-21-23-25-27-29-33-37-41-43(39-35-31-15-11-7-3,40-36-32-16-12-8-4)42-38-34-30-28-26-24-22-20-18-14-10-6-2;/h5-42H2,1-4H3;1H/q+1;/p-1. The van der Waals surface area contributed by atoms with Gasteiger partial charge in [-0.3, -0.25) is 0 Å². The van der Waals surface area contributed by atoms with Crippen molar-refractivity contribution in [3.63, 3.8) is 0 Å². The highest BCUT2D eigenvalue weighted by Gasteiger charge is 2.34. The topological polar surface area (TPSA) is 0 Å². The lowest BCUT2D eigenvalue weighted by Gasteiger charge is -2.28. The Kier molecular flexibility index (Phi) is 42.8. The fraction of sp³-hybridized carbons (Fsp3) is 1.00. The van der Waals surface area contributed by atoms with E-state index in [0.717, 1.165) is 0 Å². The summed E-state index contributed by atoms with van der Waals surface area (Å²) in [5, 5.41) is 0. The minimum atomic E-state index is -0.753. The molecule has 2 heteroatoms. The molecule has 0 aliphatic rings. The van der Waals surface area contributed by atoms with Crippen molar-refractivity contribution in [3.8, 4) is 0 Å². The number of halogens is 1. The number of rotatable bonds is 38. The first-order valence-electron chi connectivity index (χ1n) is 21.1. The third-order valence-electron chi connectivity index (χ3n) is 10.4. The second-order valence-corrected chi connectivity index (χ2v) is 19.3. The number of unbranched alkanes of at least 4 members (excludes halogenated alkanes) is 30. The molecule has 0 atom stereocenters. The van der Waals surface area contributed by atoms with Gasteiger partial charge in [-0.15, -0.1) is 0 Å². The molecule has 0 aliphatic carbocycles. The molecular weight excluding hydrogens is 615 g/mol. The molecule has 0 radical (unpaired) electrons. The highest BCUT2D eigenvalue weighted by molar-refractivity contribution is 7.75. The Morgan fingerprint density at radius 3 is 0.500 bits per heavy atom. The molecule has 268 valence electrons. The van der Waals surface area contributed by atoms with Crippen LogP contribution in [0, 0.1) is 0 Å². The maximum atomic E-state index is 2.37. The second kappa shape index (κ2) is 40.1. The zero-order chi connectivity index (χ0) is 31.4. The predicted octanol–water partition coefficient (Wildman–Crippen LogP) is 13.4. The van der Waals surface area contributed by atoms with E-state index in [1.807, 2.05) is 0 Å². The van der Waals surface area contributed by atoms with E-state index < -0.39 is 7.26 Å². The van der Waals surface area contributed by atoms with Gasteiger partial charge in [-0.1, -0.05) is 195 Å². The van der Waals surface area contributed by atoms with Gasteiger partial charge in [0.15, 0.2) is 0 Å². The fourth-order valence-electron chi connectivity index (χ4n) is 7.35. The van der Waals surface area contributed by atoms with Crippen molar-refractivity contribution >= 4 is 7.26 Å². The Bertz CT molecular complexity index is 448. The van der Waals surface area contributed by atoms with E-state index in [-0.39, 0.29) is 17.0 Å². The van der Waals surface area contributed by atoms with Crippen LogP contribution in [0.25, 0.3) is 0 Å². The van der Waals surface area contributed by atoms with Gasteiger partial charge in [0.25, 0.3) is 0 Å². The molecule has 0 amide bonds. The molecule has 44 heavy (non-hydrogen) atoms. The molecule has 0 spiro atoms. The van der Waals surface area contributed by atoms with E-state index in [9.17, 15) is 0 Å². The zero-order valence-corrected chi connectivity index (χ0v) is 34.2. The smallest absolute Gasteiger partial charge is 0.0594 e. The average Bonchev–Trinajstić information content (AvgIpc) is 3.02. The maximum Gasteiger partial charge on any atom is 0.0594 e. The summed E-state index contributed by atoms with van der Waals surface area (Å²) in [4.78, 5) is 0. The highest BCUT2D eigenvalue weighted by Crippen LogP contribution is 2.61. The van der Waals surface area contributed by atoms with Crippen LogP contribution in [-0.4, -0.2) is 24.6 Å². The Labute approximate surface area is 293 Å². The first-order valence-corrected chi connectivity index (χ1v) is 23.6. The number of hydrogen-bond acceptors (Lipinski definition) is 0. The van der Waals surface area contributed by atoms with Gasteiger partial charge >= 0.3 is 0 Å². The molecule has 0 heterocycles. The first kappa shape index (κ1) is 47.0. The van der Waals surface area contributed by atoms with E-state index >= 15 is 0 Å². The van der Waals surface area contributed by atoms with Crippen molar-refractivity contribution < 1.29 is 17.0 Å². The minimum Gasteiger partial charge on any atom is -1.00 e. The summed E-state index contributed by atoms with van der Waals surface area (Å²) in [6.07, 6.45) is 57.2. The largest absolute Gasteiger partial charge is 1.00 e. The molecule has 0 aromatic carbocycles. The van der Waals surface area contributed by atoms with Gasteiger partial charge in [-0.25, -0.2) is 0 Å². The van der Waals surface area contributed by atoms with Crippen molar-refractivity contribution in [2.45, 2.75) is 246 Å². The summed E-state index contributed by atoms with van der Waals surface area (Å²) in [6, 6.07) is 0. The van der Waals surface area contributed by atoms with E-state index in [2.05, 4.69) is 27.7 Å². The van der Waals surface area contributed by atoms with Gasteiger partial charge in [0, 0.05) is 7.26 Å². The van der Waals surface area contributed by atoms with Crippen molar-refractivity contribution in [1.29, 1.82) is 0 Å². The first-order chi connectivity index (χ1) is 21.2. The molecule has 0 nitrogen and oxygen atoms in total. The van der Waals surface area contributed by atoms with Gasteiger partial charge in [0.2, 0.25) is 0 Å². The highest BCUT2D eigenvalue weighted by atomic mass is 79.9. The van der Waals surface area contributed by atoms with E-state index in [1.54, 1.807) is 50.3 Å². The molecule has 0 aromatic rings. The summed E-state index contributed by atoms with van der Waals surface area (Å²) >= 11 is 0. The summed E-state index contributed by atoms with van der Waals surface area (Å²) in [7, 11) is -0.753. The normalized spacial score (nSPS) is 11.7. The molecule has 0 fully saturated rings. The Hall–Kier alpha value is 0.910. The van der Waals surface area contributed by atoms with E-state index in [4.69, 9.17) is 0 Å². The lowest BCUT2D eigenvalue weighted by molar-refractivity contribution is -0.00000974. The molecule has 0 aliphatic heterocycles. The fourth-order valence-corrected chi connectivity index (χ4v) is 12.3.